The summed E-state index contributed by atoms with van der Waals surface area (Å²) in [6.07, 6.45) is 4.41. The number of aromatic nitrogens is 4. The van der Waals surface area contributed by atoms with Gasteiger partial charge in [-0.3, -0.25) is 24.2 Å². The van der Waals surface area contributed by atoms with E-state index in [0.717, 1.165) is 28.1 Å². The highest BCUT2D eigenvalue weighted by Gasteiger charge is 2.41. The van der Waals surface area contributed by atoms with E-state index < -0.39 is 11.9 Å². The molecule has 2 atom stereocenters. The van der Waals surface area contributed by atoms with Crippen molar-refractivity contribution in [1.82, 2.24) is 34.6 Å². The second kappa shape index (κ2) is 21.8. The Hall–Kier alpha value is -5.56. The number of aliphatic hydroxyl groups excluding tert-OH is 1. The molecule has 1 saturated heterocycles. The number of aliphatic hydroxyl groups is 1. The third kappa shape index (κ3) is 10.4. The van der Waals surface area contributed by atoms with Crippen LogP contribution in [0, 0.1) is 6.92 Å². The molecule has 354 valence electrons. The number of allylic oxidation sites excluding steroid dienone is 5. The van der Waals surface area contributed by atoms with Gasteiger partial charge in [-0.2, -0.15) is 0 Å². The number of esters is 1. The summed E-state index contributed by atoms with van der Waals surface area (Å²) in [5.74, 6) is -1.88. The topological polar surface area (TPSA) is 219 Å². The predicted molar refractivity (Wildman–Crippen MR) is 251 cm³/mol. The number of H-pyrrole nitrogens is 2. The average Bonchev–Trinajstić information content (AvgIpc) is 3.98. The highest BCUT2D eigenvalue weighted by molar-refractivity contribution is 6.23. The third-order valence-electron chi connectivity index (χ3n) is 13.1. The molecule has 5 N–H and O–H groups in total. The molecule has 7 heterocycles. The summed E-state index contributed by atoms with van der Waals surface area (Å²) in [6.45, 7) is 15.2. The zero-order valence-corrected chi connectivity index (χ0v) is 39.1. The molecule has 0 saturated carbocycles. The number of nitrogens with zero attached hydrogens (tertiary/aromatic N) is 5. The van der Waals surface area contributed by atoms with Gasteiger partial charge in [-0.25, -0.2) is 14.8 Å². The fourth-order valence-electron chi connectivity index (χ4n) is 9.23. The second-order valence-electron chi connectivity index (χ2n) is 17.2. The number of likely N-dealkylation sites (N-methyl/N-ethyl adjacent to an activating group) is 1. The van der Waals surface area contributed by atoms with Crippen LogP contribution in [0.3, 0.4) is 0 Å². The number of hydrogen-bond donors (Lipinski definition) is 4. The number of ether oxygens (including phenoxy) is 4. The van der Waals surface area contributed by atoms with Crippen LogP contribution < -0.4 is 5.73 Å². The fraction of sp³-hybridized carbons (Fsp3) is 0.510. The minimum absolute atomic E-state index is 0.0520. The maximum Gasteiger partial charge on any atom is 0.330 e. The molecule has 0 spiro atoms. The van der Waals surface area contributed by atoms with Gasteiger partial charge in [-0.15, -0.1) is 0 Å². The van der Waals surface area contributed by atoms with Crippen LogP contribution in [0.15, 0.2) is 30.4 Å². The van der Waals surface area contributed by atoms with E-state index in [1.54, 1.807) is 18.0 Å². The van der Waals surface area contributed by atoms with Gasteiger partial charge in [0.05, 0.1) is 85.7 Å². The third-order valence-corrected chi connectivity index (χ3v) is 13.1. The molecule has 17 nitrogen and oxygen atoms in total. The Morgan fingerprint density at radius 2 is 1.62 bits per heavy atom. The zero-order valence-electron chi connectivity index (χ0n) is 39.1. The largest absolute Gasteiger partial charge is 0.460 e. The summed E-state index contributed by atoms with van der Waals surface area (Å²) in [7, 11) is 1.74. The molecule has 0 aromatic carbocycles. The lowest BCUT2D eigenvalue weighted by atomic mass is 9.84. The van der Waals surface area contributed by atoms with Crippen LogP contribution in [0.2, 0.25) is 0 Å². The van der Waals surface area contributed by atoms with E-state index in [1.807, 2.05) is 39.0 Å². The van der Waals surface area contributed by atoms with Gasteiger partial charge in [0.2, 0.25) is 5.91 Å². The van der Waals surface area contributed by atoms with Crippen LogP contribution >= 0.6 is 0 Å². The predicted octanol–water partition coefficient (Wildman–Crippen LogP) is 4.75. The van der Waals surface area contributed by atoms with Crippen LogP contribution in [0.1, 0.15) is 119 Å². The van der Waals surface area contributed by atoms with Crippen LogP contribution in [0.4, 0.5) is 0 Å². The lowest BCUT2D eigenvalue weighted by Gasteiger charge is -2.31. The zero-order chi connectivity index (χ0) is 47.1. The fourth-order valence-corrected chi connectivity index (χ4v) is 9.23. The summed E-state index contributed by atoms with van der Waals surface area (Å²) in [6, 6.07) is 5.87. The van der Waals surface area contributed by atoms with Crippen molar-refractivity contribution >= 4 is 57.0 Å². The summed E-state index contributed by atoms with van der Waals surface area (Å²) in [5, 5.41) is 8.86. The van der Waals surface area contributed by atoms with Crippen molar-refractivity contribution in [2.45, 2.75) is 65.7 Å². The number of aromatic amines is 2. The lowest BCUT2D eigenvalue weighted by molar-refractivity contribution is -0.139. The van der Waals surface area contributed by atoms with Gasteiger partial charge < -0.3 is 44.7 Å². The lowest BCUT2D eigenvalue weighted by Crippen LogP contribution is -2.47. The number of amides is 3. The first-order valence-corrected chi connectivity index (χ1v) is 23.1. The first-order valence-electron chi connectivity index (χ1n) is 23.1. The van der Waals surface area contributed by atoms with E-state index in [0.29, 0.717) is 128 Å². The van der Waals surface area contributed by atoms with Gasteiger partial charge in [0.25, 0.3) is 11.8 Å². The minimum atomic E-state index is -0.543. The Morgan fingerprint density at radius 1 is 0.924 bits per heavy atom. The van der Waals surface area contributed by atoms with Crippen LogP contribution in [-0.4, -0.2) is 163 Å². The number of hydrogen-bond acceptors (Lipinski definition) is 13. The number of nitrogens with two attached hydrogens (primary N) is 1. The first kappa shape index (κ1) is 48.4. The second-order valence-corrected chi connectivity index (χ2v) is 17.2. The van der Waals surface area contributed by atoms with Gasteiger partial charge in [0.1, 0.15) is 6.61 Å². The van der Waals surface area contributed by atoms with Gasteiger partial charge >= 0.3 is 5.97 Å². The Bertz CT molecular complexity index is 2500. The Kier molecular flexibility index (Phi) is 16.0. The number of imide groups is 1. The molecule has 5 aliphatic rings. The summed E-state index contributed by atoms with van der Waals surface area (Å²) in [5.41, 5.74) is 16.1. The van der Waals surface area contributed by atoms with Crippen molar-refractivity contribution in [2.24, 2.45) is 5.73 Å². The van der Waals surface area contributed by atoms with Crippen LogP contribution in [-0.2, 0) is 28.5 Å². The molecule has 2 aromatic rings. The van der Waals surface area contributed by atoms with Crippen molar-refractivity contribution < 1.29 is 43.2 Å². The smallest absolute Gasteiger partial charge is 0.330 e. The van der Waals surface area contributed by atoms with E-state index in [2.05, 4.69) is 28.7 Å². The Labute approximate surface area is 385 Å². The van der Waals surface area contributed by atoms with Gasteiger partial charge in [-0.05, 0) is 80.2 Å². The van der Waals surface area contributed by atoms with Gasteiger partial charge in [-0.1, -0.05) is 13.8 Å². The number of nitrogens with one attached hydrogen (secondary N) is 2. The molecule has 0 unspecified atom stereocenters. The molecule has 17 heteroatoms. The summed E-state index contributed by atoms with van der Waals surface area (Å²) < 4.78 is 21.7. The first-order chi connectivity index (χ1) is 31.9. The molecule has 2 aromatic heterocycles. The molecule has 3 amide bonds. The van der Waals surface area contributed by atoms with E-state index in [4.69, 9.17) is 39.8 Å². The molecule has 7 rings (SSSR count). The molecule has 8 bridgehead atoms. The van der Waals surface area contributed by atoms with Crippen molar-refractivity contribution in [2.75, 3.05) is 99.2 Å². The molecular formula is C49H64N8O9. The van der Waals surface area contributed by atoms with Crippen LogP contribution in [0.5, 0.6) is 0 Å². The van der Waals surface area contributed by atoms with E-state index in [-0.39, 0.29) is 63.0 Å². The number of carbonyl (C=O) groups excluding carboxylic acids is 4. The molecule has 0 radical (unpaired) electrons. The molecule has 0 aliphatic carbocycles. The monoisotopic (exact) mass is 908 g/mol. The minimum Gasteiger partial charge on any atom is -0.460 e. The maximum atomic E-state index is 15.1. The van der Waals surface area contributed by atoms with Crippen LogP contribution in [0.25, 0.3) is 33.3 Å². The molecular weight excluding hydrogens is 845 g/mol. The normalized spacial score (nSPS) is 18.2. The standard InChI is InChI=1S/C49H64N8O9/c1-7-33-29(2)37-27-41-34(9-11-43(60)66-25-24-65-23-22-64-21-18-58)30(3)36(52-41)26-38-31(4)35(8-10-42(59)55(6)13-12-50)46(53-38)45-47-44(32(5)39(54-47)28-40(33)51-37)48(61)57(49(45)62)15-14-56-16-19-63-20-17-56/h9,11,26-28,31,35,53-54,58H,7-8,10,12-25,50H2,1-6H3/b11-9+,38-26?,40-28?,41-27?,46-45?/t31-,35-/m0/s1. The quantitative estimate of drug-likeness (QED) is 0.0648. The highest BCUT2D eigenvalue weighted by atomic mass is 16.6. The van der Waals surface area contributed by atoms with Gasteiger partial charge in [0.15, 0.2) is 0 Å². The van der Waals surface area contributed by atoms with Crippen molar-refractivity contribution in [3.8, 4) is 0 Å². The highest BCUT2D eigenvalue weighted by Crippen LogP contribution is 2.45. The van der Waals surface area contributed by atoms with Crippen molar-refractivity contribution in [1.29, 1.82) is 0 Å². The van der Waals surface area contributed by atoms with Crippen molar-refractivity contribution in [3.63, 3.8) is 0 Å². The van der Waals surface area contributed by atoms with E-state index in [9.17, 15) is 14.4 Å². The van der Waals surface area contributed by atoms with Gasteiger partial charge in [0, 0.05) is 93.1 Å². The van der Waals surface area contributed by atoms with E-state index >= 15 is 4.79 Å². The number of rotatable bonds is 19. The summed E-state index contributed by atoms with van der Waals surface area (Å²) >= 11 is 0. The number of aryl methyl sites for hydroxylation is 1. The Balaban J connectivity index is 1.38. The maximum absolute atomic E-state index is 15.1. The number of fused-ring (bicyclic) bond motifs is 8. The Morgan fingerprint density at radius 3 is 2.35 bits per heavy atom. The molecule has 5 aliphatic heterocycles. The summed E-state index contributed by atoms with van der Waals surface area (Å²) in [4.78, 5) is 78.9. The number of morpholine rings is 1. The number of carbonyl (C=O) groups is 4. The molecule has 66 heavy (non-hydrogen) atoms. The molecule has 1 fully saturated rings. The van der Waals surface area contributed by atoms with Crippen molar-refractivity contribution in [3.05, 3.63) is 81.2 Å². The SMILES string of the molecule is CCC1=C(C)c2cc3nc(cc4[nH]c(c5c6[nH]c(cc1n2)c(C)c6C(=O)N(CCN1CCOCC1)C5=O)[C@@H](CCC(=O)N(C)CCN)[C@@H]4C)C(C)=C3/C=C/C(=O)OCCOCCOCCO. The van der Waals surface area contributed by atoms with E-state index in [1.165, 1.54) is 11.0 Å². The average molecular weight is 909 g/mol.